The minimum absolute atomic E-state index is 0.00931. The predicted molar refractivity (Wildman–Crippen MR) is 130 cm³/mol. The van der Waals surface area contributed by atoms with Gasteiger partial charge in [-0.05, 0) is 65.9 Å². The molecule has 3 amide bonds. The van der Waals surface area contributed by atoms with Gasteiger partial charge in [-0.2, -0.15) is 0 Å². The molecule has 35 heavy (non-hydrogen) atoms. The molecule has 0 aromatic heterocycles. The summed E-state index contributed by atoms with van der Waals surface area (Å²) in [6.45, 7) is -0.492. The molecule has 0 spiro atoms. The van der Waals surface area contributed by atoms with Crippen LogP contribution in [0, 0.1) is 11.6 Å². The third-order valence-corrected chi connectivity index (χ3v) is 6.10. The summed E-state index contributed by atoms with van der Waals surface area (Å²) in [4.78, 5) is 38.2. The Hall–Kier alpha value is -3.69. The number of rotatable bonds is 7. The van der Waals surface area contributed by atoms with Crippen LogP contribution in [-0.2, 0) is 16.2 Å². The maximum Gasteiger partial charge on any atom is 0.294 e. The number of nitrogens with zero attached hydrogens (tertiary/aromatic N) is 1. The van der Waals surface area contributed by atoms with Crippen molar-refractivity contribution in [3.63, 3.8) is 0 Å². The zero-order chi connectivity index (χ0) is 24.9. The molecule has 1 saturated heterocycles. The third kappa shape index (κ3) is 6.06. The average Bonchev–Trinajstić information content (AvgIpc) is 3.08. The van der Waals surface area contributed by atoms with Gasteiger partial charge in [0.05, 0.1) is 9.93 Å². The van der Waals surface area contributed by atoms with Gasteiger partial charge in [0, 0.05) is 11.3 Å². The second-order valence-corrected chi connectivity index (χ2v) is 8.79. The fraction of sp³-hybridized carbons (Fsp3) is 0.0800. The molecule has 10 heteroatoms. The number of hydrogen-bond acceptors (Lipinski definition) is 5. The summed E-state index contributed by atoms with van der Waals surface area (Å²) >= 11 is 6.98. The Morgan fingerprint density at radius 2 is 1.80 bits per heavy atom. The number of hydrogen-bond donors (Lipinski definition) is 1. The number of thioether (sulfide) groups is 1. The van der Waals surface area contributed by atoms with Crippen molar-refractivity contribution >= 4 is 52.2 Å². The first-order valence-corrected chi connectivity index (χ1v) is 11.5. The van der Waals surface area contributed by atoms with Crippen LogP contribution in [0.25, 0.3) is 6.08 Å². The van der Waals surface area contributed by atoms with Gasteiger partial charge < -0.3 is 10.1 Å². The van der Waals surface area contributed by atoms with Crippen LogP contribution in [0.15, 0.2) is 71.6 Å². The summed E-state index contributed by atoms with van der Waals surface area (Å²) in [5.41, 5.74) is 1.25. The zero-order valence-corrected chi connectivity index (χ0v) is 19.5. The molecule has 0 saturated carbocycles. The van der Waals surface area contributed by atoms with Crippen molar-refractivity contribution in [3.8, 4) is 5.75 Å². The Morgan fingerprint density at radius 1 is 1.06 bits per heavy atom. The molecule has 4 rings (SSSR count). The number of carbonyl (C=O) groups is 3. The molecule has 0 unspecified atom stereocenters. The molecular weight excluding hydrogens is 498 g/mol. The van der Waals surface area contributed by atoms with E-state index < -0.39 is 29.4 Å². The highest BCUT2D eigenvalue weighted by molar-refractivity contribution is 8.18. The molecule has 1 heterocycles. The van der Waals surface area contributed by atoms with Gasteiger partial charge in [0.1, 0.15) is 30.5 Å². The normalized spacial score (nSPS) is 14.5. The maximum absolute atomic E-state index is 13.8. The second-order valence-electron chi connectivity index (χ2n) is 7.39. The average molecular weight is 515 g/mol. The monoisotopic (exact) mass is 514 g/mol. The topological polar surface area (TPSA) is 75.7 Å². The number of carbonyl (C=O) groups excluding carboxylic acids is 3. The van der Waals surface area contributed by atoms with Crippen LogP contribution < -0.4 is 10.1 Å². The molecule has 1 aliphatic heterocycles. The lowest BCUT2D eigenvalue weighted by molar-refractivity contribution is -0.127. The van der Waals surface area contributed by atoms with E-state index in [4.69, 9.17) is 16.3 Å². The molecule has 0 radical (unpaired) electrons. The van der Waals surface area contributed by atoms with Gasteiger partial charge in [0.25, 0.3) is 11.1 Å². The zero-order valence-electron chi connectivity index (χ0n) is 18.0. The quantitative estimate of drug-likeness (QED) is 0.399. The lowest BCUT2D eigenvalue weighted by Crippen LogP contribution is -2.36. The summed E-state index contributed by atoms with van der Waals surface area (Å²) in [6, 6.07) is 16.1. The Bertz CT molecular complexity index is 1330. The maximum atomic E-state index is 13.8. The number of benzene rings is 3. The number of nitrogens with one attached hydrogen (secondary N) is 1. The summed E-state index contributed by atoms with van der Waals surface area (Å²) in [5.74, 6) is -1.73. The Morgan fingerprint density at radius 3 is 2.51 bits per heavy atom. The fourth-order valence-electron chi connectivity index (χ4n) is 3.16. The van der Waals surface area contributed by atoms with Crippen molar-refractivity contribution in [2.45, 2.75) is 6.61 Å². The van der Waals surface area contributed by atoms with Gasteiger partial charge >= 0.3 is 0 Å². The lowest BCUT2D eigenvalue weighted by Gasteiger charge is -2.12. The van der Waals surface area contributed by atoms with E-state index >= 15 is 0 Å². The molecule has 1 N–H and O–H groups in total. The highest BCUT2D eigenvalue weighted by atomic mass is 35.5. The number of anilines is 1. The smallest absolute Gasteiger partial charge is 0.294 e. The first kappa shape index (κ1) is 24.4. The van der Waals surface area contributed by atoms with Crippen LogP contribution >= 0.6 is 23.4 Å². The number of halogens is 3. The molecular formula is C25H17ClF2N2O4S. The number of amides is 3. The molecule has 1 aliphatic rings. The molecule has 3 aromatic rings. The fourth-order valence-corrected chi connectivity index (χ4v) is 4.24. The van der Waals surface area contributed by atoms with Crippen molar-refractivity contribution in [2.24, 2.45) is 0 Å². The third-order valence-electron chi connectivity index (χ3n) is 4.90. The minimum atomic E-state index is -0.620. The molecule has 0 atom stereocenters. The molecule has 0 aliphatic carbocycles. The summed E-state index contributed by atoms with van der Waals surface area (Å²) in [5, 5.41) is 2.16. The van der Waals surface area contributed by atoms with E-state index in [9.17, 15) is 23.2 Å². The van der Waals surface area contributed by atoms with E-state index in [1.54, 1.807) is 36.4 Å². The highest BCUT2D eigenvalue weighted by Crippen LogP contribution is 2.34. The van der Waals surface area contributed by atoms with Crippen LogP contribution in [-0.4, -0.2) is 28.5 Å². The Kier molecular flexibility index (Phi) is 7.48. The first-order chi connectivity index (χ1) is 16.8. The first-order valence-electron chi connectivity index (χ1n) is 10.3. The summed E-state index contributed by atoms with van der Waals surface area (Å²) in [6.07, 6.45) is 1.48. The highest BCUT2D eigenvalue weighted by Gasteiger charge is 2.36. The van der Waals surface area contributed by atoms with Crippen LogP contribution in [0.5, 0.6) is 5.75 Å². The van der Waals surface area contributed by atoms with Gasteiger partial charge in [-0.25, -0.2) is 8.78 Å². The minimum Gasteiger partial charge on any atom is -0.487 e. The standard InChI is InChI=1S/C25H17ClF2N2O4S/c26-19-11-15(5-10-21(19)34-14-16-3-1-2-4-20(16)28)12-22-24(32)30(25(33)35-22)13-23(31)29-18-8-6-17(27)7-9-18/h1-12H,13-14H2,(H,29,31)/b22-12-. The van der Waals surface area contributed by atoms with Crippen LogP contribution in [0.4, 0.5) is 19.3 Å². The van der Waals surface area contributed by atoms with E-state index in [0.29, 0.717) is 34.3 Å². The Labute approximate surface area is 208 Å². The van der Waals surface area contributed by atoms with Gasteiger partial charge in [-0.15, -0.1) is 0 Å². The second kappa shape index (κ2) is 10.7. The summed E-state index contributed by atoms with van der Waals surface area (Å²) in [7, 11) is 0. The van der Waals surface area contributed by atoms with Crippen molar-refractivity contribution in [2.75, 3.05) is 11.9 Å². The number of ether oxygens (including phenoxy) is 1. The SMILES string of the molecule is O=C(CN1C(=O)S/C(=C\c2ccc(OCc3ccccc3F)c(Cl)c2)C1=O)Nc1ccc(F)cc1. The van der Waals surface area contributed by atoms with E-state index in [2.05, 4.69) is 5.32 Å². The van der Waals surface area contributed by atoms with E-state index in [1.807, 2.05) is 0 Å². The van der Waals surface area contributed by atoms with Crippen molar-refractivity contribution in [1.29, 1.82) is 0 Å². The van der Waals surface area contributed by atoms with E-state index in [-0.39, 0.29) is 22.4 Å². The van der Waals surface area contributed by atoms with Gasteiger partial charge in [-0.1, -0.05) is 35.9 Å². The van der Waals surface area contributed by atoms with Crippen LogP contribution in [0.1, 0.15) is 11.1 Å². The molecule has 1 fully saturated rings. The van der Waals surface area contributed by atoms with Crippen molar-refractivity contribution in [3.05, 3.63) is 99.4 Å². The van der Waals surface area contributed by atoms with Crippen molar-refractivity contribution < 1.29 is 27.9 Å². The van der Waals surface area contributed by atoms with Crippen LogP contribution in [0.3, 0.4) is 0 Å². The van der Waals surface area contributed by atoms with E-state index in [0.717, 1.165) is 4.90 Å². The van der Waals surface area contributed by atoms with E-state index in [1.165, 1.54) is 36.4 Å². The predicted octanol–water partition coefficient (Wildman–Crippen LogP) is 5.87. The molecule has 3 aromatic carbocycles. The van der Waals surface area contributed by atoms with Gasteiger partial charge in [0.2, 0.25) is 5.91 Å². The largest absolute Gasteiger partial charge is 0.487 e. The van der Waals surface area contributed by atoms with Crippen LogP contribution in [0.2, 0.25) is 5.02 Å². The Balaban J connectivity index is 1.40. The summed E-state index contributed by atoms with van der Waals surface area (Å²) < 4.78 is 32.4. The lowest BCUT2D eigenvalue weighted by atomic mass is 10.2. The molecule has 6 nitrogen and oxygen atoms in total. The van der Waals surface area contributed by atoms with Gasteiger partial charge in [0.15, 0.2) is 0 Å². The molecule has 178 valence electrons. The molecule has 0 bridgehead atoms. The van der Waals surface area contributed by atoms with Gasteiger partial charge in [-0.3, -0.25) is 19.3 Å². The van der Waals surface area contributed by atoms with Crippen molar-refractivity contribution in [1.82, 2.24) is 4.90 Å². The number of imide groups is 1.